The summed E-state index contributed by atoms with van der Waals surface area (Å²) in [5.41, 5.74) is 2.76. The molecule has 2 aromatic carbocycles. The van der Waals surface area contributed by atoms with Gasteiger partial charge in [-0.15, -0.1) is 0 Å². The largest absolute Gasteiger partial charge is 0.497 e. The maximum atomic E-state index is 13.0. The summed E-state index contributed by atoms with van der Waals surface area (Å²) in [5, 5.41) is 15.1. The fourth-order valence-corrected chi connectivity index (χ4v) is 3.24. The van der Waals surface area contributed by atoms with Gasteiger partial charge in [-0.05, 0) is 40.6 Å². The molecule has 28 heavy (non-hydrogen) atoms. The molecule has 2 heterocycles. The number of carbonyl (C=O) groups is 1. The van der Waals surface area contributed by atoms with Gasteiger partial charge >= 0.3 is 5.97 Å². The van der Waals surface area contributed by atoms with Gasteiger partial charge in [-0.2, -0.15) is 4.68 Å². The summed E-state index contributed by atoms with van der Waals surface area (Å²) in [4.78, 5) is 13.0. The van der Waals surface area contributed by atoms with Gasteiger partial charge in [-0.3, -0.25) is 0 Å². The van der Waals surface area contributed by atoms with Crippen LogP contribution >= 0.6 is 0 Å². The summed E-state index contributed by atoms with van der Waals surface area (Å²) in [5.74, 6) is 0.753. The van der Waals surface area contributed by atoms with Crippen molar-refractivity contribution in [3.05, 3.63) is 71.3 Å². The Morgan fingerprint density at radius 2 is 1.89 bits per heavy atom. The minimum absolute atomic E-state index is 0.266. The molecule has 1 aliphatic rings. The second-order valence-electron chi connectivity index (χ2n) is 6.12. The first kappa shape index (κ1) is 17.7. The number of methoxy groups -OCH3 is 1. The molecular weight excluding hydrogens is 358 g/mol. The fraction of sp³-hybridized carbons (Fsp3) is 0.200. The molecule has 0 radical (unpaired) electrons. The van der Waals surface area contributed by atoms with Gasteiger partial charge in [0.2, 0.25) is 5.95 Å². The summed E-state index contributed by atoms with van der Waals surface area (Å²) in [6, 6.07) is 16.5. The lowest BCUT2D eigenvalue weighted by Gasteiger charge is -2.28. The van der Waals surface area contributed by atoms with Crippen LogP contribution in [0.15, 0.2) is 60.2 Å². The Balaban J connectivity index is 1.93. The van der Waals surface area contributed by atoms with E-state index >= 15 is 0 Å². The molecule has 1 aliphatic heterocycles. The van der Waals surface area contributed by atoms with E-state index in [1.165, 1.54) is 0 Å². The maximum absolute atomic E-state index is 13.0. The average Bonchev–Trinajstić information content (AvgIpc) is 3.21. The minimum atomic E-state index is -0.536. The van der Waals surface area contributed by atoms with Crippen molar-refractivity contribution in [1.82, 2.24) is 20.2 Å². The van der Waals surface area contributed by atoms with E-state index < -0.39 is 12.0 Å². The highest BCUT2D eigenvalue weighted by molar-refractivity contribution is 6.02. The predicted octanol–water partition coefficient (Wildman–Crippen LogP) is 2.67. The lowest BCUT2D eigenvalue weighted by molar-refractivity contribution is -0.138. The third kappa shape index (κ3) is 3.09. The molecule has 0 fully saturated rings. The zero-order valence-electron chi connectivity index (χ0n) is 15.5. The zero-order chi connectivity index (χ0) is 19.5. The molecule has 142 valence electrons. The highest BCUT2D eigenvalue weighted by Crippen LogP contribution is 2.38. The van der Waals surface area contributed by atoms with Crippen LogP contribution in [0.4, 0.5) is 5.95 Å². The standard InChI is InChI=1S/C20H19N5O3/c1-3-28-19(26)16-17(13-7-5-4-6-8-13)21-20-22-23-24-25(20)18(16)14-9-11-15(27-2)12-10-14/h4-12,18H,3H2,1-2H3,(H,21,22,24). The maximum Gasteiger partial charge on any atom is 0.338 e. The molecule has 1 aromatic heterocycles. The molecule has 3 aromatic rings. The third-order valence-electron chi connectivity index (χ3n) is 4.51. The molecule has 1 N–H and O–H groups in total. The molecule has 0 saturated heterocycles. The quantitative estimate of drug-likeness (QED) is 0.684. The molecule has 8 nitrogen and oxygen atoms in total. The van der Waals surface area contributed by atoms with Crippen LogP contribution in [0.3, 0.4) is 0 Å². The molecule has 0 bridgehead atoms. The number of rotatable bonds is 5. The summed E-state index contributed by atoms with van der Waals surface area (Å²) in [7, 11) is 1.61. The van der Waals surface area contributed by atoms with Gasteiger partial charge in [0.15, 0.2) is 0 Å². The predicted molar refractivity (Wildman–Crippen MR) is 103 cm³/mol. The molecule has 0 saturated carbocycles. The number of tetrazole rings is 1. The van der Waals surface area contributed by atoms with E-state index in [9.17, 15) is 4.79 Å². The van der Waals surface area contributed by atoms with Gasteiger partial charge in [-0.1, -0.05) is 47.6 Å². The highest BCUT2D eigenvalue weighted by atomic mass is 16.5. The summed E-state index contributed by atoms with van der Waals surface area (Å²) in [6.45, 7) is 2.05. The number of hydrogen-bond acceptors (Lipinski definition) is 7. The Morgan fingerprint density at radius 3 is 2.57 bits per heavy atom. The van der Waals surface area contributed by atoms with Crippen LogP contribution in [0.1, 0.15) is 24.1 Å². The van der Waals surface area contributed by atoms with E-state index in [0.717, 1.165) is 16.9 Å². The zero-order valence-corrected chi connectivity index (χ0v) is 15.5. The molecule has 1 unspecified atom stereocenters. The van der Waals surface area contributed by atoms with Crippen LogP contribution < -0.4 is 10.1 Å². The SMILES string of the molecule is CCOC(=O)C1=C(c2ccccc2)Nc2nnnn2C1c1ccc(OC)cc1. The van der Waals surface area contributed by atoms with Crippen LogP contribution in [0.2, 0.25) is 0 Å². The summed E-state index contributed by atoms with van der Waals surface area (Å²) in [6.07, 6.45) is 0. The van der Waals surface area contributed by atoms with E-state index in [2.05, 4.69) is 20.8 Å². The normalized spacial score (nSPS) is 15.6. The average molecular weight is 377 g/mol. The lowest BCUT2D eigenvalue weighted by atomic mass is 9.93. The second kappa shape index (κ2) is 7.51. The van der Waals surface area contributed by atoms with Gasteiger partial charge in [0, 0.05) is 0 Å². The molecule has 4 rings (SSSR count). The van der Waals surface area contributed by atoms with E-state index in [1.54, 1.807) is 18.7 Å². The Hall–Kier alpha value is -3.68. The highest BCUT2D eigenvalue weighted by Gasteiger charge is 2.36. The van der Waals surface area contributed by atoms with Crippen molar-refractivity contribution < 1.29 is 14.3 Å². The number of anilines is 1. The topological polar surface area (TPSA) is 91.2 Å². The number of nitrogens with one attached hydrogen (secondary N) is 1. The van der Waals surface area contributed by atoms with Crippen molar-refractivity contribution in [3.8, 4) is 5.75 Å². The van der Waals surface area contributed by atoms with Gasteiger partial charge in [0.05, 0.1) is 25.0 Å². The van der Waals surface area contributed by atoms with Gasteiger partial charge in [0.25, 0.3) is 0 Å². The molecular formula is C20H19N5O3. The molecule has 0 amide bonds. The van der Waals surface area contributed by atoms with Crippen LogP contribution in [0.25, 0.3) is 5.70 Å². The summed E-state index contributed by atoms with van der Waals surface area (Å²) < 4.78 is 12.2. The molecule has 1 atom stereocenters. The number of fused-ring (bicyclic) bond motifs is 1. The minimum Gasteiger partial charge on any atom is -0.497 e. The number of nitrogens with zero attached hydrogens (tertiary/aromatic N) is 4. The van der Waals surface area contributed by atoms with Gasteiger partial charge < -0.3 is 14.8 Å². The van der Waals surface area contributed by atoms with Crippen LogP contribution in [0, 0.1) is 0 Å². The molecule has 0 spiro atoms. The van der Waals surface area contributed by atoms with Crippen LogP contribution in [0.5, 0.6) is 5.75 Å². The van der Waals surface area contributed by atoms with Crippen molar-refractivity contribution in [3.63, 3.8) is 0 Å². The Kier molecular flexibility index (Phi) is 4.76. The molecule has 8 heteroatoms. The van der Waals surface area contributed by atoms with E-state index in [1.807, 2.05) is 54.6 Å². The Labute approximate surface area is 161 Å². The van der Waals surface area contributed by atoms with Crippen LogP contribution in [-0.2, 0) is 9.53 Å². The number of ether oxygens (including phenoxy) is 2. The first-order valence-corrected chi connectivity index (χ1v) is 8.88. The van der Waals surface area contributed by atoms with Crippen molar-refractivity contribution in [1.29, 1.82) is 0 Å². The van der Waals surface area contributed by atoms with Crippen molar-refractivity contribution >= 4 is 17.6 Å². The first-order valence-electron chi connectivity index (χ1n) is 8.88. The number of benzene rings is 2. The summed E-state index contributed by atoms with van der Waals surface area (Å²) >= 11 is 0. The van der Waals surface area contributed by atoms with Crippen molar-refractivity contribution in [2.24, 2.45) is 0 Å². The second-order valence-corrected chi connectivity index (χ2v) is 6.12. The Bertz CT molecular complexity index is 1010. The monoisotopic (exact) mass is 377 g/mol. The fourth-order valence-electron chi connectivity index (χ4n) is 3.24. The van der Waals surface area contributed by atoms with E-state index in [0.29, 0.717) is 17.2 Å². The first-order chi connectivity index (χ1) is 13.7. The van der Waals surface area contributed by atoms with E-state index in [4.69, 9.17) is 9.47 Å². The number of esters is 1. The number of carbonyl (C=O) groups excluding carboxylic acids is 1. The van der Waals surface area contributed by atoms with E-state index in [-0.39, 0.29) is 6.61 Å². The smallest absolute Gasteiger partial charge is 0.338 e. The van der Waals surface area contributed by atoms with Crippen molar-refractivity contribution in [2.75, 3.05) is 19.0 Å². The Morgan fingerprint density at radius 1 is 1.14 bits per heavy atom. The number of aromatic nitrogens is 4. The molecule has 0 aliphatic carbocycles. The third-order valence-corrected chi connectivity index (χ3v) is 4.51. The van der Waals surface area contributed by atoms with Gasteiger partial charge in [0.1, 0.15) is 11.8 Å². The lowest BCUT2D eigenvalue weighted by Crippen LogP contribution is -2.30. The van der Waals surface area contributed by atoms with Crippen LogP contribution in [-0.4, -0.2) is 39.9 Å². The van der Waals surface area contributed by atoms with Gasteiger partial charge in [-0.25, -0.2) is 4.79 Å². The number of hydrogen-bond donors (Lipinski definition) is 1. The van der Waals surface area contributed by atoms with Crippen molar-refractivity contribution in [2.45, 2.75) is 13.0 Å².